The molecule has 25 heavy (non-hydrogen) atoms. The molecule has 1 aromatic carbocycles. The maximum Gasteiger partial charge on any atom is 0.308 e. The third kappa shape index (κ3) is 4.58. The van der Waals surface area contributed by atoms with Gasteiger partial charge in [-0.25, -0.2) is 8.42 Å². The van der Waals surface area contributed by atoms with Gasteiger partial charge in [0.1, 0.15) is 0 Å². The van der Waals surface area contributed by atoms with Crippen LogP contribution in [0.1, 0.15) is 42.1 Å². The summed E-state index contributed by atoms with van der Waals surface area (Å²) < 4.78 is 26.9. The van der Waals surface area contributed by atoms with E-state index in [0.29, 0.717) is 18.7 Å². The Bertz CT molecular complexity index is 754. The van der Waals surface area contributed by atoms with Crippen LogP contribution in [0, 0.1) is 12.8 Å². The van der Waals surface area contributed by atoms with E-state index in [2.05, 4.69) is 5.32 Å². The van der Waals surface area contributed by atoms with E-state index in [1.807, 2.05) is 0 Å². The first-order chi connectivity index (χ1) is 11.7. The minimum absolute atomic E-state index is 0.0172. The number of carbonyl (C=O) groups excluding carboxylic acids is 1. The molecule has 0 saturated carbocycles. The van der Waals surface area contributed by atoms with Crippen LogP contribution < -0.4 is 5.32 Å². The molecule has 1 amide bonds. The maximum absolute atomic E-state index is 12.7. The van der Waals surface area contributed by atoms with Crippen molar-refractivity contribution in [3.8, 4) is 0 Å². The molecule has 0 spiro atoms. The zero-order valence-corrected chi connectivity index (χ0v) is 15.3. The number of hydrogen-bond acceptors (Lipinski definition) is 4. The van der Waals surface area contributed by atoms with Crippen LogP contribution in [0.2, 0.25) is 0 Å². The molecule has 1 fully saturated rings. The lowest BCUT2D eigenvalue weighted by molar-refractivity contribution is -0.140. The first-order valence-corrected chi connectivity index (χ1v) is 9.79. The smallest absolute Gasteiger partial charge is 0.308 e. The summed E-state index contributed by atoms with van der Waals surface area (Å²) in [5.74, 6) is -2.19. The Morgan fingerprint density at radius 2 is 1.88 bits per heavy atom. The summed E-state index contributed by atoms with van der Waals surface area (Å²) in [6.07, 6.45) is 2.70. The third-order valence-electron chi connectivity index (χ3n) is 4.40. The van der Waals surface area contributed by atoms with Gasteiger partial charge in [0, 0.05) is 25.2 Å². The van der Waals surface area contributed by atoms with Crippen LogP contribution in [0.15, 0.2) is 23.1 Å². The minimum atomic E-state index is -3.62. The van der Waals surface area contributed by atoms with Crippen molar-refractivity contribution >= 4 is 21.9 Å². The molecule has 0 bridgehead atoms. The molecule has 1 unspecified atom stereocenters. The Hall–Kier alpha value is -1.93. The van der Waals surface area contributed by atoms with Crippen molar-refractivity contribution in [2.75, 3.05) is 19.6 Å². The van der Waals surface area contributed by atoms with Crippen molar-refractivity contribution in [2.45, 2.75) is 38.0 Å². The number of amides is 1. The zero-order valence-electron chi connectivity index (χ0n) is 14.5. The first kappa shape index (κ1) is 19.4. The Kier molecular flexibility index (Phi) is 6.18. The highest BCUT2D eigenvalue weighted by Crippen LogP contribution is 2.22. The fourth-order valence-corrected chi connectivity index (χ4v) is 4.23. The SMILES string of the molecule is Cc1ccc(S(=O)(=O)N2CCCCC2)cc1C(=O)NCC(C)C(=O)O. The number of rotatable bonds is 6. The van der Waals surface area contributed by atoms with Gasteiger partial charge in [0.15, 0.2) is 0 Å². The topological polar surface area (TPSA) is 104 Å². The summed E-state index contributed by atoms with van der Waals surface area (Å²) in [5, 5.41) is 11.4. The number of benzene rings is 1. The summed E-state index contributed by atoms with van der Waals surface area (Å²) in [6.45, 7) is 4.18. The van der Waals surface area contributed by atoms with Gasteiger partial charge < -0.3 is 10.4 Å². The van der Waals surface area contributed by atoms with Crippen molar-refractivity contribution in [3.05, 3.63) is 29.3 Å². The number of hydrogen-bond donors (Lipinski definition) is 2. The molecule has 2 rings (SSSR count). The molecule has 7 nitrogen and oxygen atoms in total. The summed E-state index contributed by atoms with van der Waals surface area (Å²) >= 11 is 0. The predicted molar refractivity (Wildman–Crippen MR) is 92.9 cm³/mol. The zero-order chi connectivity index (χ0) is 18.6. The van der Waals surface area contributed by atoms with E-state index in [9.17, 15) is 18.0 Å². The van der Waals surface area contributed by atoms with Crippen LogP contribution in [0.5, 0.6) is 0 Å². The second kappa shape index (κ2) is 7.97. The van der Waals surface area contributed by atoms with Gasteiger partial charge in [-0.15, -0.1) is 0 Å². The monoisotopic (exact) mass is 368 g/mol. The van der Waals surface area contributed by atoms with E-state index in [0.717, 1.165) is 19.3 Å². The van der Waals surface area contributed by atoms with Crippen molar-refractivity contribution in [1.29, 1.82) is 0 Å². The molecule has 138 valence electrons. The largest absolute Gasteiger partial charge is 0.481 e. The highest BCUT2D eigenvalue weighted by atomic mass is 32.2. The van der Waals surface area contributed by atoms with Gasteiger partial charge in [-0.2, -0.15) is 4.31 Å². The molecular weight excluding hydrogens is 344 g/mol. The molecule has 1 aromatic rings. The first-order valence-electron chi connectivity index (χ1n) is 8.35. The number of carboxylic acid groups (broad SMARTS) is 1. The Morgan fingerprint density at radius 1 is 1.24 bits per heavy atom. The number of nitrogens with one attached hydrogen (secondary N) is 1. The van der Waals surface area contributed by atoms with Crippen LogP contribution in [-0.2, 0) is 14.8 Å². The normalized spacial score (nSPS) is 17.0. The number of carbonyl (C=O) groups is 2. The number of aryl methyl sites for hydroxylation is 1. The average Bonchev–Trinajstić information content (AvgIpc) is 2.60. The van der Waals surface area contributed by atoms with Gasteiger partial charge in [0.2, 0.25) is 10.0 Å². The van der Waals surface area contributed by atoms with Crippen LogP contribution in [0.25, 0.3) is 0 Å². The Balaban J connectivity index is 2.22. The predicted octanol–water partition coefficient (Wildman–Crippen LogP) is 1.62. The molecule has 0 radical (unpaired) electrons. The summed E-state index contributed by atoms with van der Waals surface area (Å²) in [4.78, 5) is 23.3. The lowest BCUT2D eigenvalue weighted by atomic mass is 10.1. The van der Waals surface area contributed by atoms with Crippen molar-refractivity contribution in [2.24, 2.45) is 5.92 Å². The Morgan fingerprint density at radius 3 is 2.48 bits per heavy atom. The van der Waals surface area contributed by atoms with Crippen molar-refractivity contribution < 1.29 is 23.1 Å². The maximum atomic E-state index is 12.7. The van der Waals surface area contributed by atoms with Crippen LogP contribution >= 0.6 is 0 Å². The van der Waals surface area contributed by atoms with Crippen LogP contribution in [-0.4, -0.2) is 49.3 Å². The molecule has 8 heteroatoms. The third-order valence-corrected chi connectivity index (χ3v) is 6.29. The van der Waals surface area contributed by atoms with Crippen molar-refractivity contribution in [1.82, 2.24) is 9.62 Å². The van der Waals surface area contributed by atoms with Crippen LogP contribution in [0.4, 0.5) is 0 Å². The van der Waals surface area contributed by atoms with E-state index in [1.165, 1.54) is 23.4 Å². The number of carboxylic acids is 1. The van der Waals surface area contributed by atoms with Crippen LogP contribution in [0.3, 0.4) is 0 Å². The summed E-state index contributed by atoms with van der Waals surface area (Å²) in [5.41, 5.74) is 0.883. The van der Waals surface area contributed by atoms with E-state index >= 15 is 0 Å². The van der Waals surface area contributed by atoms with Crippen molar-refractivity contribution in [3.63, 3.8) is 0 Å². The van der Waals surface area contributed by atoms with Gasteiger partial charge in [0.05, 0.1) is 10.8 Å². The highest BCUT2D eigenvalue weighted by Gasteiger charge is 2.27. The molecule has 0 aromatic heterocycles. The molecule has 1 aliphatic rings. The van der Waals surface area contributed by atoms with Gasteiger partial charge >= 0.3 is 5.97 Å². The van der Waals surface area contributed by atoms with Gasteiger partial charge in [-0.3, -0.25) is 9.59 Å². The van der Waals surface area contributed by atoms with Gasteiger partial charge in [-0.05, 0) is 37.5 Å². The molecular formula is C17H24N2O5S. The standard InChI is InChI=1S/C17H24N2O5S/c1-12-6-7-14(25(23,24)19-8-4-3-5-9-19)10-15(12)16(20)18-11-13(2)17(21)22/h6-7,10,13H,3-5,8-9,11H2,1-2H3,(H,18,20)(H,21,22). The number of sulfonamides is 1. The highest BCUT2D eigenvalue weighted by molar-refractivity contribution is 7.89. The van der Waals surface area contributed by atoms with E-state index in [4.69, 9.17) is 5.11 Å². The molecule has 2 N–H and O–H groups in total. The quantitative estimate of drug-likeness (QED) is 0.794. The Labute approximate surface area is 148 Å². The molecule has 1 atom stereocenters. The number of piperidine rings is 1. The van der Waals surface area contributed by atoms with Gasteiger partial charge in [-0.1, -0.05) is 19.4 Å². The molecule has 0 aliphatic carbocycles. The molecule has 1 aliphatic heterocycles. The van der Waals surface area contributed by atoms with E-state index < -0.39 is 27.8 Å². The lowest BCUT2D eigenvalue weighted by Gasteiger charge is -2.26. The minimum Gasteiger partial charge on any atom is -0.481 e. The van der Waals surface area contributed by atoms with E-state index in [1.54, 1.807) is 13.0 Å². The second-order valence-electron chi connectivity index (χ2n) is 6.39. The number of aliphatic carboxylic acids is 1. The summed E-state index contributed by atoms with van der Waals surface area (Å²) in [7, 11) is -3.62. The molecule has 1 heterocycles. The lowest BCUT2D eigenvalue weighted by Crippen LogP contribution is -2.36. The second-order valence-corrected chi connectivity index (χ2v) is 8.33. The fourth-order valence-electron chi connectivity index (χ4n) is 2.69. The van der Waals surface area contributed by atoms with Gasteiger partial charge in [0.25, 0.3) is 5.91 Å². The number of nitrogens with zero attached hydrogens (tertiary/aromatic N) is 1. The molecule has 1 saturated heterocycles. The van der Waals surface area contributed by atoms with E-state index in [-0.39, 0.29) is 17.0 Å². The summed E-state index contributed by atoms with van der Waals surface area (Å²) in [6, 6.07) is 4.49. The average molecular weight is 368 g/mol. The fraction of sp³-hybridized carbons (Fsp3) is 0.529.